The van der Waals surface area contributed by atoms with Crippen LogP contribution in [0.5, 0.6) is 11.5 Å². The number of fused-ring (bicyclic) bond motifs is 2. The van der Waals surface area contributed by atoms with Gasteiger partial charge in [0.2, 0.25) is 5.91 Å². The summed E-state index contributed by atoms with van der Waals surface area (Å²) < 4.78 is 18.5. The third kappa shape index (κ3) is 7.40. The standard InChI is InChI=1S/C24H35N5O6/c1-17-12-29(18(2)15-30)23(31)6-5-11-28-13-19(25-26-28)16-34-22(17)14-27(3)24(32)35-21-9-7-20(33-4)8-10-21/h7-10,13,17-18,22,30H,5-6,11-12,14-16H2,1-4H3/t17-,18-,22-/m0/s1. The smallest absolute Gasteiger partial charge is 0.415 e. The van der Waals surface area contributed by atoms with Gasteiger partial charge in [0.05, 0.1) is 45.2 Å². The van der Waals surface area contributed by atoms with Crippen molar-refractivity contribution in [2.24, 2.45) is 5.92 Å². The van der Waals surface area contributed by atoms with Crippen molar-refractivity contribution in [1.29, 1.82) is 0 Å². The van der Waals surface area contributed by atoms with Crippen molar-refractivity contribution in [1.82, 2.24) is 24.8 Å². The predicted molar refractivity (Wildman–Crippen MR) is 127 cm³/mol. The van der Waals surface area contributed by atoms with Gasteiger partial charge in [-0.05, 0) is 37.6 Å². The Bertz CT molecular complexity index is 966. The fourth-order valence-electron chi connectivity index (χ4n) is 3.86. The first kappa shape index (κ1) is 26.4. The number of benzene rings is 1. The monoisotopic (exact) mass is 489 g/mol. The number of ether oxygens (including phenoxy) is 3. The molecular weight excluding hydrogens is 454 g/mol. The number of hydrogen-bond donors (Lipinski definition) is 1. The topological polar surface area (TPSA) is 119 Å². The lowest BCUT2D eigenvalue weighted by atomic mass is 10.0. The van der Waals surface area contributed by atoms with Gasteiger partial charge < -0.3 is 29.1 Å². The van der Waals surface area contributed by atoms with Gasteiger partial charge in [-0.15, -0.1) is 5.10 Å². The molecule has 0 unspecified atom stereocenters. The van der Waals surface area contributed by atoms with Crippen LogP contribution in [0.25, 0.3) is 0 Å². The number of amides is 2. The highest BCUT2D eigenvalue weighted by Gasteiger charge is 2.29. The fourth-order valence-corrected chi connectivity index (χ4v) is 3.86. The van der Waals surface area contributed by atoms with E-state index in [1.54, 1.807) is 54.2 Å². The number of nitrogens with zero attached hydrogens (tertiary/aromatic N) is 5. The Balaban J connectivity index is 1.73. The summed E-state index contributed by atoms with van der Waals surface area (Å²) >= 11 is 0. The van der Waals surface area contributed by atoms with Crippen molar-refractivity contribution in [3.63, 3.8) is 0 Å². The molecule has 1 aromatic heterocycles. The molecule has 0 radical (unpaired) electrons. The normalized spacial score (nSPS) is 20.3. The third-order valence-corrected chi connectivity index (χ3v) is 6.08. The summed E-state index contributed by atoms with van der Waals surface area (Å²) in [5.41, 5.74) is 0.678. The van der Waals surface area contributed by atoms with Gasteiger partial charge >= 0.3 is 6.09 Å². The molecule has 0 fully saturated rings. The van der Waals surface area contributed by atoms with Gasteiger partial charge in [-0.3, -0.25) is 9.48 Å². The van der Waals surface area contributed by atoms with Gasteiger partial charge in [0.25, 0.3) is 0 Å². The molecular formula is C24H35N5O6. The van der Waals surface area contributed by atoms with Crippen LogP contribution in [0.15, 0.2) is 30.5 Å². The number of likely N-dealkylation sites (N-methyl/N-ethyl adjacent to an activating group) is 1. The minimum atomic E-state index is -0.531. The highest BCUT2D eigenvalue weighted by atomic mass is 16.6. The van der Waals surface area contributed by atoms with Crippen LogP contribution in [0.1, 0.15) is 32.4 Å². The number of rotatable bonds is 6. The minimum Gasteiger partial charge on any atom is -0.497 e. The van der Waals surface area contributed by atoms with E-state index < -0.39 is 12.2 Å². The van der Waals surface area contributed by atoms with Crippen molar-refractivity contribution in [2.75, 3.05) is 33.9 Å². The molecule has 1 N–H and O–H groups in total. The summed E-state index contributed by atoms with van der Waals surface area (Å²) in [4.78, 5) is 28.8. The molecule has 2 aromatic rings. The molecule has 2 amide bonds. The molecule has 1 aliphatic rings. The summed E-state index contributed by atoms with van der Waals surface area (Å²) in [5, 5.41) is 18.0. The SMILES string of the molecule is COc1ccc(OC(=O)N(C)C[C@@H]2OCc3cn(nn3)CCCC(=O)N([C@@H](C)CO)C[C@@H]2C)cc1. The van der Waals surface area contributed by atoms with Crippen molar-refractivity contribution < 1.29 is 28.9 Å². The highest BCUT2D eigenvalue weighted by molar-refractivity contribution is 5.76. The fraction of sp³-hybridized carbons (Fsp3) is 0.583. The van der Waals surface area contributed by atoms with Gasteiger partial charge in [-0.25, -0.2) is 4.79 Å². The molecule has 0 aliphatic carbocycles. The van der Waals surface area contributed by atoms with Crippen LogP contribution in [-0.2, 0) is 22.7 Å². The molecule has 11 heteroatoms. The second kappa shape index (κ2) is 12.5. The maximum Gasteiger partial charge on any atom is 0.415 e. The van der Waals surface area contributed by atoms with E-state index in [4.69, 9.17) is 14.2 Å². The number of aromatic nitrogens is 3. The van der Waals surface area contributed by atoms with E-state index in [0.717, 1.165) is 0 Å². The van der Waals surface area contributed by atoms with Gasteiger partial charge in [0.15, 0.2) is 0 Å². The van der Waals surface area contributed by atoms with Crippen LogP contribution in [0.4, 0.5) is 4.79 Å². The minimum absolute atomic E-state index is 0.0380. The number of carbonyl (C=O) groups excluding carboxylic acids is 2. The first-order valence-corrected chi connectivity index (χ1v) is 11.8. The summed E-state index contributed by atoms with van der Waals surface area (Å²) in [5.74, 6) is 0.887. The summed E-state index contributed by atoms with van der Waals surface area (Å²) in [6, 6.07) is 6.41. The maximum atomic E-state index is 12.9. The molecule has 2 bridgehead atoms. The number of aliphatic hydroxyl groups excluding tert-OH is 1. The van der Waals surface area contributed by atoms with Crippen molar-refractivity contribution in [2.45, 2.75) is 52.0 Å². The van der Waals surface area contributed by atoms with E-state index >= 15 is 0 Å². The van der Waals surface area contributed by atoms with Crippen LogP contribution in [0, 0.1) is 5.92 Å². The van der Waals surface area contributed by atoms with Gasteiger partial charge in [0.1, 0.15) is 17.2 Å². The van der Waals surface area contributed by atoms with Crippen molar-refractivity contribution in [3.8, 4) is 11.5 Å². The highest BCUT2D eigenvalue weighted by Crippen LogP contribution is 2.20. The largest absolute Gasteiger partial charge is 0.497 e. The quantitative estimate of drug-likeness (QED) is 0.654. The number of aliphatic hydroxyl groups is 1. The Hall–Kier alpha value is -3.18. The van der Waals surface area contributed by atoms with Crippen molar-refractivity contribution >= 4 is 12.0 Å². The summed E-state index contributed by atoms with van der Waals surface area (Å²) in [6.45, 7) is 5.06. The third-order valence-electron chi connectivity index (χ3n) is 6.08. The number of methoxy groups -OCH3 is 1. The predicted octanol–water partition coefficient (Wildman–Crippen LogP) is 1.94. The lowest BCUT2D eigenvalue weighted by molar-refractivity contribution is -0.136. The number of hydrogen-bond acceptors (Lipinski definition) is 8. The molecule has 0 saturated carbocycles. The second-order valence-corrected chi connectivity index (χ2v) is 8.90. The van der Waals surface area contributed by atoms with E-state index in [0.29, 0.717) is 43.1 Å². The Morgan fingerprint density at radius 3 is 2.71 bits per heavy atom. The van der Waals surface area contributed by atoms with Gasteiger partial charge in [0, 0.05) is 32.5 Å². The lowest BCUT2D eigenvalue weighted by Gasteiger charge is -2.35. The van der Waals surface area contributed by atoms with Crippen LogP contribution < -0.4 is 9.47 Å². The van der Waals surface area contributed by atoms with E-state index in [2.05, 4.69) is 10.3 Å². The van der Waals surface area contributed by atoms with Gasteiger partial charge in [-0.2, -0.15) is 0 Å². The van der Waals surface area contributed by atoms with Crippen LogP contribution in [0.2, 0.25) is 0 Å². The van der Waals surface area contributed by atoms with E-state index in [-0.39, 0.29) is 37.6 Å². The Morgan fingerprint density at radius 1 is 1.31 bits per heavy atom. The lowest BCUT2D eigenvalue weighted by Crippen LogP contribution is -2.48. The van der Waals surface area contributed by atoms with Crippen LogP contribution in [-0.4, -0.2) is 87.9 Å². The summed E-state index contributed by atoms with van der Waals surface area (Å²) in [7, 11) is 3.20. The van der Waals surface area contributed by atoms with Crippen LogP contribution in [0.3, 0.4) is 0 Å². The second-order valence-electron chi connectivity index (χ2n) is 8.90. The molecule has 1 aromatic carbocycles. The molecule has 0 spiro atoms. The van der Waals surface area contributed by atoms with Gasteiger partial charge in [-0.1, -0.05) is 12.1 Å². The molecule has 35 heavy (non-hydrogen) atoms. The Labute approximate surface area is 205 Å². The van der Waals surface area contributed by atoms with E-state index in [1.165, 1.54) is 4.90 Å². The Morgan fingerprint density at radius 2 is 2.03 bits per heavy atom. The first-order valence-electron chi connectivity index (χ1n) is 11.8. The zero-order valence-electron chi connectivity index (χ0n) is 20.8. The Kier molecular flexibility index (Phi) is 9.44. The van der Waals surface area contributed by atoms with E-state index in [9.17, 15) is 14.7 Å². The molecule has 0 saturated heterocycles. The maximum absolute atomic E-state index is 12.9. The molecule has 11 nitrogen and oxygen atoms in total. The molecule has 2 heterocycles. The van der Waals surface area contributed by atoms with Crippen molar-refractivity contribution in [3.05, 3.63) is 36.2 Å². The zero-order chi connectivity index (χ0) is 25.4. The average Bonchev–Trinajstić information content (AvgIpc) is 3.31. The number of aryl methyl sites for hydroxylation is 1. The molecule has 3 rings (SSSR count). The first-order chi connectivity index (χ1) is 16.8. The van der Waals surface area contributed by atoms with E-state index in [1.807, 2.05) is 13.8 Å². The summed E-state index contributed by atoms with van der Waals surface area (Å²) in [6.07, 6.45) is 1.81. The average molecular weight is 490 g/mol. The zero-order valence-corrected chi connectivity index (χ0v) is 20.8. The molecule has 1 aliphatic heterocycles. The molecule has 3 atom stereocenters. The van der Waals surface area contributed by atoms with Crippen LogP contribution >= 0.6 is 0 Å². The number of carbonyl (C=O) groups is 2. The molecule has 192 valence electrons.